The van der Waals surface area contributed by atoms with Crippen LogP contribution in [0.5, 0.6) is 16.6 Å². The molecule has 0 spiro atoms. The number of hydrogen-bond acceptors (Lipinski definition) is 14. The standard InChI is InChI=1S/C39H46N2O12S/c1-16-11-10-12-17(2)38(49)41-29-33(47)26-25(28-36(29)54-24(43)15-40-28)27-35(21(6)32(26)46)53-39(8,37(27)48)51-14-13-23(50-9)18(3)34(52-22(7)42)20(5)31(45)19(4)30(16)44/h10-16,18-20,23,30-31,34,43-45,47H,1-9H3,(H,41,49)/b11-10+,14-13+,17-12-. The number of phenolic OH excluding ortho intramolecular Hbond substituents is 1. The molecular weight excluding hydrogens is 720 g/mol. The van der Waals surface area contributed by atoms with Gasteiger partial charge in [0.1, 0.15) is 17.5 Å². The number of amides is 1. The summed E-state index contributed by atoms with van der Waals surface area (Å²) < 4.78 is 23.5. The molecule has 0 saturated carbocycles. The molecule has 54 heavy (non-hydrogen) atoms. The highest BCUT2D eigenvalue weighted by Gasteiger charge is 2.49. The monoisotopic (exact) mass is 766 g/mol. The lowest BCUT2D eigenvalue weighted by atomic mass is 9.78. The first-order valence-electron chi connectivity index (χ1n) is 17.5. The summed E-state index contributed by atoms with van der Waals surface area (Å²) in [5.41, 5.74) is -0.752. The van der Waals surface area contributed by atoms with Gasteiger partial charge < -0.3 is 44.7 Å². The number of fused-ring (bicyclic) bond motifs is 1. The van der Waals surface area contributed by atoms with Gasteiger partial charge in [-0.1, -0.05) is 57.3 Å². The van der Waals surface area contributed by atoms with Crippen molar-refractivity contribution in [3.8, 4) is 16.6 Å². The zero-order valence-corrected chi connectivity index (χ0v) is 32.3. The zero-order valence-electron chi connectivity index (χ0n) is 31.5. The van der Waals surface area contributed by atoms with E-state index >= 15 is 0 Å². The van der Waals surface area contributed by atoms with Gasteiger partial charge >= 0.3 is 11.8 Å². The molecule has 5 N–H and O–H groups in total. The second kappa shape index (κ2) is 15.5. The molecule has 3 heterocycles. The Morgan fingerprint density at radius 2 is 1.69 bits per heavy atom. The third-order valence-electron chi connectivity index (χ3n) is 10.4. The summed E-state index contributed by atoms with van der Waals surface area (Å²) in [6.07, 6.45) is 4.70. The maximum Gasteiger partial charge on any atom is 0.312 e. The number of ketones is 1. The Bertz CT molecular complexity index is 2160. The number of ether oxygens (including phenoxy) is 4. The lowest BCUT2D eigenvalue weighted by Crippen LogP contribution is -2.46. The Hall–Kier alpha value is -4.83. The minimum absolute atomic E-state index is 0.00559. The van der Waals surface area contributed by atoms with Crippen molar-refractivity contribution in [3.05, 3.63) is 63.7 Å². The Labute approximate surface area is 315 Å². The number of esters is 1. The third-order valence-corrected chi connectivity index (χ3v) is 11.4. The average Bonchev–Trinajstić information content (AvgIpc) is 3.39. The molecule has 0 aliphatic carbocycles. The van der Waals surface area contributed by atoms with Crippen molar-refractivity contribution in [1.29, 1.82) is 0 Å². The van der Waals surface area contributed by atoms with Crippen LogP contribution in [0.2, 0.25) is 0 Å². The summed E-state index contributed by atoms with van der Waals surface area (Å²) in [5, 5.41) is 46.9. The number of aliphatic hydroxyl groups is 2. The molecule has 9 atom stereocenters. The number of Topliss-reactive ketones (excluding diaryl/α,β-unsaturated/α-hetero) is 1. The number of allylic oxidation sites excluding steroid dienone is 2. The van der Waals surface area contributed by atoms with Gasteiger partial charge in [-0.05, 0) is 19.9 Å². The largest absolute Gasteiger partial charge is 0.505 e. The first kappa shape index (κ1) is 40.4. The van der Waals surface area contributed by atoms with E-state index in [4.69, 9.17) is 18.9 Å². The van der Waals surface area contributed by atoms with E-state index in [9.17, 15) is 39.6 Å². The first-order chi connectivity index (χ1) is 25.3. The smallest absolute Gasteiger partial charge is 0.312 e. The molecule has 5 rings (SSSR count). The van der Waals surface area contributed by atoms with Gasteiger partial charge in [0.05, 0.1) is 51.9 Å². The SMILES string of the molecule is COC1/C=C/OC2(C)Oc3c(C)c(=O)c4c(O)c(c5sc(O)cnc5c4c3C2=O)NC(=O)/C(C)=C\C=C\C(C)C(O)C(C)C(O)C(C)C(OC(C)=O)C1C. The van der Waals surface area contributed by atoms with Gasteiger partial charge in [-0.25, -0.2) is 4.98 Å². The number of carbonyl (C=O) groups excluding carboxylic acids is 3. The third kappa shape index (κ3) is 7.20. The minimum atomic E-state index is -2.01. The number of benzene rings is 2. The van der Waals surface area contributed by atoms with E-state index in [0.29, 0.717) is 0 Å². The molecule has 9 unspecified atom stereocenters. The van der Waals surface area contributed by atoms with Crippen LogP contribution in [0.3, 0.4) is 0 Å². The number of hydrogen-bond donors (Lipinski definition) is 5. The van der Waals surface area contributed by atoms with E-state index in [0.717, 1.165) is 17.5 Å². The molecule has 290 valence electrons. The Morgan fingerprint density at radius 1 is 1.00 bits per heavy atom. The van der Waals surface area contributed by atoms with Crippen molar-refractivity contribution in [3.63, 3.8) is 0 Å². The normalized spacial score (nSPS) is 31.7. The number of rotatable bonds is 2. The average molecular weight is 767 g/mol. The second-order valence-corrected chi connectivity index (χ2v) is 15.2. The lowest BCUT2D eigenvalue weighted by Gasteiger charge is -2.38. The molecule has 14 nitrogen and oxygen atoms in total. The Balaban J connectivity index is 1.72. The zero-order chi connectivity index (χ0) is 40.0. The number of anilines is 1. The molecule has 2 aliphatic heterocycles. The molecule has 0 saturated heterocycles. The molecule has 1 aromatic heterocycles. The number of aromatic hydroxyl groups is 2. The quantitative estimate of drug-likeness (QED) is 0.132. The number of carbonyl (C=O) groups is 3. The van der Waals surface area contributed by atoms with Crippen LogP contribution in [0, 0.1) is 30.6 Å². The van der Waals surface area contributed by atoms with E-state index in [-0.39, 0.29) is 54.2 Å². The summed E-state index contributed by atoms with van der Waals surface area (Å²) >= 11 is 0.764. The molecule has 1 amide bonds. The highest BCUT2D eigenvalue weighted by Crippen LogP contribution is 2.49. The molecule has 2 aromatic carbocycles. The van der Waals surface area contributed by atoms with Crippen LogP contribution in [0.15, 0.2) is 47.1 Å². The summed E-state index contributed by atoms with van der Waals surface area (Å²) in [6.45, 7) is 12.5. The number of aromatic nitrogens is 1. The van der Waals surface area contributed by atoms with Crippen LogP contribution in [-0.4, -0.2) is 80.4 Å². The van der Waals surface area contributed by atoms with Crippen LogP contribution in [-0.2, 0) is 23.8 Å². The van der Waals surface area contributed by atoms with Gasteiger partial charge in [-0.15, -0.1) is 0 Å². The Kier molecular flexibility index (Phi) is 11.6. The van der Waals surface area contributed by atoms with Crippen LogP contribution in [0.1, 0.15) is 64.4 Å². The van der Waals surface area contributed by atoms with E-state index in [1.165, 1.54) is 53.2 Å². The predicted octanol–water partition coefficient (Wildman–Crippen LogP) is 5.02. The van der Waals surface area contributed by atoms with Crippen molar-refractivity contribution < 1.29 is 53.8 Å². The highest BCUT2D eigenvalue weighted by molar-refractivity contribution is 7.20. The summed E-state index contributed by atoms with van der Waals surface area (Å²) in [4.78, 5) is 58.4. The molecule has 4 bridgehead atoms. The minimum Gasteiger partial charge on any atom is -0.505 e. The first-order valence-corrected chi connectivity index (χ1v) is 18.3. The van der Waals surface area contributed by atoms with E-state index < -0.39 is 82.7 Å². The van der Waals surface area contributed by atoms with Gasteiger partial charge in [-0.2, -0.15) is 0 Å². The van der Waals surface area contributed by atoms with Crippen LogP contribution >= 0.6 is 11.3 Å². The number of methoxy groups -OCH3 is 1. The summed E-state index contributed by atoms with van der Waals surface area (Å²) in [5.74, 6) is -7.13. The topological polar surface area (TPSA) is 211 Å². The maximum absolute atomic E-state index is 14.3. The fourth-order valence-electron chi connectivity index (χ4n) is 7.15. The molecule has 2 aliphatic rings. The number of aliphatic hydroxyl groups excluding tert-OH is 2. The van der Waals surface area contributed by atoms with Crippen molar-refractivity contribution in [2.24, 2.45) is 23.7 Å². The van der Waals surface area contributed by atoms with E-state index in [1.54, 1.807) is 39.8 Å². The van der Waals surface area contributed by atoms with Gasteiger partial charge in [-0.3, -0.25) is 19.2 Å². The molecule has 3 aromatic rings. The van der Waals surface area contributed by atoms with Crippen molar-refractivity contribution in [2.45, 2.75) is 85.6 Å². The number of nitrogens with zero attached hydrogens (tertiary/aromatic N) is 1. The van der Waals surface area contributed by atoms with E-state index in [2.05, 4.69) is 10.3 Å². The lowest BCUT2D eigenvalue weighted by molar-refractivity contribution is -0.160. The molecule has 0 radical (unpaired) electrons. The highest BCUT2D eigenvalue weighted by atomic mass is 32.1. The van der Waals surface area contributed by atoms with Gasteiger partial charge in [0, 0.05) is 61.2 Å². The van der Waals surface area contributed by atoms with Crippen LogP contribution in [0.4, 0.5) is 5.69 Å². The predicted molar refractivity (Wildman–Crippen MR) is 202 cm³/mol. The molecule has 0 fully saturated rings. The van der Waals surface area contributed by atoms with Crippen molar-refractivity contribution >= 4 is 55.7 Å². The number of nitrogens with one attached hydrogen (secondary N) is 1. The van der Waals surface area contributed by atoms with E-state index in [1.807, 2.05) is 0 Å². The van der Waals surface area contributed by atoms with Gasteiger partial charge in [0.2, 0.25) is 0 Å². The van der Waals surface area contributed by atoms with Crippen molar-refractivity contribution in [1.82, 2.24) is 4.98 Å². The number of phenols is 1. The second-order valence-electron chi connectivity index (χ2n) is 14.2. The summed E-state index contributed by atoms with van der Waals surface area (Å²) in [6, 6.07) is 0. The molecule has 15 heteroatoms. The summed E-state index contributed by atoms with van der Waals surface area (Å²) in [7, 11) is 1.43. The maximum atomic E-state index is 14.3. The molecular formula is C39H46N2O12S. The van der Waals surface area contributed by atoms with Gasteiger partial charge in [0.25, 0.3) is 11.7 Å². The fraction of sp³-hybridized carbons (Fsp3) is 0.462. The van der Waals surface area contributed by atoms with Crippen molar-refractivity contribution in [2.75, 3.05) is 12.4 Å². The van der Waals surface area contributed by atoms with Crippen LogP contribution < -0.4 is 15.5 Å². The Morgan fingerprint density at radius 3 is 2.33 bits per heavy atom. The fourth-order valence-corrected chi connectivity index (χ4v) is 7.97. The van der Waals surface area contributed by atoms with Gasteiger partial charge in [0.15, 0.2) is 16.2 Å². The van der Waals surface area contributed by atoms with Crippen LogP contribution in [0.25, 0.3) is 21.0 Å².